The lowest BCUT2D eigenvalue weighted by Crippen LogP contribution is -2.60. The maximum Gasteiger partial charge on any atom is 0.220 e. The Morgan fingerprint density at radius 2 is 0.875 bits per heavy atom. The summed E-state index contributed by atoms with van der Waals surface area (Å²) in [6, 6.07) is -0.846. The number of hydrogen-bond acceptors (Lipinski definition) is 8. The molecule has 1 aliphatic rings. The molecule has 1 fully saturated rings. The molecule has 7 atom stereocenters. The highest BCUT2D eigenvalue weighted by Gasteiger charge is 2.44. The predicted molar refractivity (Wildman–Crippen MR) is 304 cm³/mol. The zero-order chi connectivity index (χ0) is 52.2. The van der Waals surface area contributed by atoms with Gasteiger partial charge >= 0.3 is 0 Å². The number of nitrogens with one attached hydrogen (secondary N) is 1. The van der Waals surface area contributed by atoms with Crippen LogP contribution < -0.4 is 5.32 Å². The van der Waals surface area contributed by atoms with Crippen molar-refractivity contribution in [1.29, 1.82) is 0 Å². The number of allylic oxidation sites excluding steroid dienone is 13. The molecule has 1 aliphatic heterocycles. The minimum absolute atomic E-state index is 0.219. The van der Waals surface area contributed by atoms with E-state index in [1.54, 1.807) is 6.08 Å². The minimum Gasteiger partial charge on any atom is -0.394 e. The second-order valence-electron chi connectivity index (χ2n) is 20.4. The van der Waals surface area contributed by atoms with Crippen LogP contribution in [0.25, 0.3) is 0 Å². The molecular weight excluding hydrogens is 899 g/mol. The number of aliphatic hydroxyl groups is 5. The van der Waals surface area contributed by atoms with Crippen LogP contribution >= 0.6 is 0 Å². The van der Waals surface area contributed by atoms with Gasteiger partial charge in [0.1, 0.15) is 24.4 Å². The number of amides is 1. The van der Waals surface area contributed by atoms with E-state index in [0.717, 1.165) is 70.6 Å². The van der Waals surface area contributed by atoms with Crippen LogP contribution in [0.4, 0.5) is 0 Å². The van der Waals surface area contributed by atoms with Crippen molar-refractivity contribution < 1.29 is 39.8 Å². The monoisotopic (exact) mass is 1010 g/mol. The second-order valence-corrected chi connectivity index (χ2v) is 20.4. The van der Waals surface area contributed by atoms with Gasteiger partial charge in [0.2, 0.25) is 5.91 Å². The number of hydrogen-bond donors (Lipinski definition) is 6. The zero-order valence-electron chi connectivity index (χ0n) is 46.2. The molecule has 416 valence electrons. The van der Waals surface area contributed by atoms with Crippen LogP contribution in [0.3, 0.4) is 0 Å². The average molecular weight is 1010 g/mol. The summed E-state index contributed by atoms with van der Waals surface area (Å²) in [5.41, 5.74) is 0. The molecule has 0 radical (unpaired) electrons. The lowest BCUT2D eigenvalue weighted by atomic mass is 9.99. The number of rotatable bonds is 50. The first-order chi connectivity index (χ1) is 35.3. The summed E-state index contributed by atoms with van der Waals surface area (Å²) < 4.78 is 11.2. The van der Waals surface area contributed by atoms with E-state index in [1.165, 1.54) is 154 Å². The molecule has 0 saturated carbocycles. The van der Waals surface area contributed by atoms with Crippen LogP contribution in [0.1, 0.15) is 251 Å². The summed E-state index contributed by atoms with van der Waals surface area (Å²) in [4.78, 5) is 13.0. The van der Waals surface area contributed by atoms with Crippen molar-refractivity contribution in [2.75, 3.05) is 13.2 Å². The third-order valence-electron chi connectivity index (χ3n) is 13.7. The Balaban J connectivity index is 2.24. The quantitative estimate of drug-likeness (QED) is 0.0261. The first kappa shape index (κ1) is 67.4. The Labute approximate surface area is 441 Å². The van der Waals surface area contributed by atoms with E-state index in [4.69, 9.17) is 9.47 Å². The number of carbonyl (C=O) groups is 1. The van der Waals surface area contributed by atoms with E-state index in [1.807, 2.05) is 6.08 Å². The van der Waals surface area contributed by atoms with Crippen LogP contribution in [0, 0.1) is 0 Å². The van der Waals surface area contributed by atoms with Gasteiger partial charge in [-0.1, -0.05) is 253 Å². The predicted octanol–water partition coefficient (Wildman–Crippen LogP) is 15.0. The molecule has 1 rings (SSSR count). The SMILES string of the molecule is CC/C=C\C/C=C\C/C=C\C/C=C\C/C=C\CCCCCC(=O)NC(COC1OC(CO)C(O)C(O)C1O)C(O)/C=C/CC/C=C/CCCCCCCCCCCCCCCCCCCCCCCCCC. The third kappa shape index (κ3) is 40.7. The fourth-order valence-electron chi connectivity index (χ4n) is 9.02. The largest absolute Gasteiger partial charge is 0.394 e. The van der Waals surface area contributed by atoms with Crippen molar-refractivity contribution >= 4 is 5.91 Å². The summed E-state index contributed by atoms with van der Waals surface area (Å²) in [5, 5.41) is 54.5. The molecule has 0 aliphatic carbocycles. The van der Waals surface area contributed by atoms with Gasteiger partial charge in [0.05, 0.1) is 25.4 Å². The van der Waals surface area contributed by atoms with Crippen LogP contribution in [0.5, 0.6) is 0 Å². The third-order valence-corrected chi connectivity index (χ3v) is 13.7. The Morgan fingerprint density at radius 1 is 0.486 bits per heavy atom. The lowest BCUT2D eigenvalue weighted by molar-refractivity contribution is -0.302. The summed E-state index contributed by atoms with van der Waals surface area (Å²) in [6.07, 6.45) is 66.7. The van der Waals surface area contributed by atoms with Crippen LogP contribution in [-0.4, -0.2) is 87.5 Å². The fourth-order valence-corrected chi connectivity index (χ4v) is 9.02. The van der Waals surface area contributed by atoms with E-state index >= 15 is 0 Å². The standard InChI is InChI=1S/C63H111NO8/c1-3-5-7-9-11-13-15-17-19-21-23-24-25-26-27-28-29-30-31-32-33-35-36-38-40-42-44-46-48-50-52-57(66)56(55-71-63-62(70)61(69)60(68)58(54-65)72-63)64-59(67)53-51-49-47-45-43-41-39-37-34-22-20-18-16-14-12-10-8-6-4-2/h6,8,12,14,18,20,34,37,41-44,50,52,56-58,60-63,65-66,68-70H,3-5,7,9-11,13,15-17,19,21-33,35-36,38-40,45-49,51,53-55H2,1-2H3,(H,64,67)/b8-6-,14-12-,20-18-,37-34-,43-41-,44-42+,52-50+. The summed E-state index contributed by atoms with van der Waals surface area (Å²) in [6.45, 7) is 3.64. The molecule has 1 saturated heterocycles. The molecular formula is C63H111NO8. The summed E-state index contributed by atoms with van der Waals surface area (Å²) >= 11 is 0. The smallest absolute Gasteiger partial charge is 0.220 e. The molecule has 9 nitrogen and oxygen atoms in total. The molecule has 0 aromatic heterocycles. The molecule has 0 spiro atoms. The molecule has 0 aromatic rings. The van der Waals surface area contributed by atoms with E-state index in [0.29, 0.717) is 12.8 Å². The van der Waals surface area contributed by atoms with Gasteiger partial charge in [0, 0.05) is 6.42 Å². The van der Waals surface area contributed by atoms with E-state index < -0.39 is 49.5 Å². The molecule has 0 aromatic carbocycles. The molecule has 1 amide bonds. The molecule has 9 heteroatoms. The maximum absolute atomic E-state index is 13.0. The van der Waals surface area contributed by atoms with E-state index in [9.17, 15) is 30.3 Å². The normalized spacial score (nSPS) is 19.8. The van der Waals surface area contributed by atoms with Gasteiger partial charge in [-0.25, -0.2) is 0 Å². The second kappa shape index (κ2) is 51.8. The van der Waals surface area contributed by atoms with Crippen LogP contribution in [0.2, 0.25) is 0 Å². The highest BCUT2D eigenvalue weighted by atomic mass is 16.7. The fraction of sp³-hybridized carbons (Fsp3) is 0.762. The molecule has 7 unspecified atom stereocenters. The highest BCUT2D eigenvalue weighted by molar-refractivity contribution is 5.76. The average Bonchev–Trinajstić information content (AvgIpc) is 3.38. The number of carbonyl (C=O) groups excluding carboxylic acids is 1. The van der Waals surface area contributed by atoms with Gasteiger partial charge in [0.25, 0.3) is 0 Å². The Hall–Kier alpha value is -2.63. The van der Waals surface area contributed by atoms with Crippen molar-refractivity contribution in [3.8, 4) is 0 Å². The van der Waals surface area contributed by atoms with Crippen molar-refractivity contribution in [2.24, 2.45) is 0 Å². The van der Waals surface area contributed by atoms with Gasteiger partial charge in [-0.15, -0.1) is 0 Å². The zero-order valence-corrected chi connectivity index (χ0v) is 46.2. The van der Waals surface area contributed by atoms with Crippen LogP contribution in [0.15, 0.2) is 85.1 Å². The van der Waals surface area contributed by atoms with E-state index in [2.05, 4.69) is 92.1 Å². The Morgan fingerprint density at radius 3 is 1.33 bits per heavy atom. The number of aliphatic hydroxyl groups excluding tert-OH is 5. The highest BCUT2D eigenvalue weighted by Crippen LogP contribution is 2.23. The Kier molecular flexibility index (Phi) is 48.5. The van der Waals surface area contributed by atoms with Gasteiger partial charge in [-0.2, -0.15) is 0 Å². The first-order valence-electron chi connectivity index (χ1n) is 29.8. The van der Waals surface area contributed by atoms with Crippen molar-refractivity contribution in [3.63, 3.8) is 0 Å². The van der Waals surface area contributed by atoms with Crippen LogP contribution in [-0.2, 0) is 14.3 Å². The first-order valence-corrected chi connectivity index (χ1v) is 29.8. The van der Waals surface area contributed by atoms with Crippen molar-refractivity contribution in [1.82, 2.24) is 5.32 Å². The topological polar surface area (TPSA) is 149 Å². The number of ether oxygens (including phenoxy) is 2. The molecule has 0 bridgehead atoms. The maximum atomic E-state index is 13.0. The molecule has 6 N–H and O–H groups in total. The summed E-state index contributed by atoms with van der Waals surface area (Å²) in [7, 11) is 0. The molecule has 1 heterocycles. The minimum atomic E-state index is -1.58. The molecule has 72 heavy (non-hydrogen) atoms. The Bertz CT molecular complexity index is 1400. The van der Waals surface area contributed by atoms with Crippen molar-refractivity contribution in [2.45, 2.75) is 294 Å². The van der Waals surface area contributed by atoms with Gasteiger partial charge < -0.3 is 40.3 Å². The van der Waals surface area contributed by atoms with E-state index in [-0.39, 0.29) is 12.5 Å². The van der Waals surface area contributed by atoms with Crippen molar-refractivity contribution in [3.05, 3.63) is 85.1 Å². The van der Waals surface area contributed by atoms with Gasteiger partial charge in [-0.3, -0.25) is 4.79 Å². The van der Waals surface area contributed by atoms with Gasteiger partial charge in [0.15, 0.2) is 6.29 Å². The number of unbranched alkanes of at least 4 members (excludes halogenated alkanes) is 28. The van der Waals surface area contributed by atoms with Gasteiger partial charge in [-0.05, 0) is 77.0 Å². The summed E-state index contributed by atoms with van der Waals surface area (Å²) in [5.74, 6) is -0.219. The lowest BCUT2D eigenvalue weighted by Gasteiger charge is -2.40.